The molecule has 0 aromatic heterocycles. The Bertz CT molecular complexity index is 361. The summed E-state index contributed by atoms with van der Waals surface area (Å²) in [7, 11) is -3.43. The van der Waals surface area contributed by atoms with E-state index in [1.54, 1.807) is 0 Å². The van der Waals surface area contributed by atoms with Crippen molar-refractivity contribution in [3.63, 3.8) is 0 Å². The molecule has 0 radical (unpaired) electrons. The van der Waals surface area contributed by atoms with Gasteiger partial charge >= 0.3 is 0 Å². The minimum Gasteiger partial charge on any atom is -0.348 e. The summed E-state index contributed by atoms with van der Waals surface area (Å²) in [4.78, 5) is 11.9. The fourth-order valence-electron chi connectivity index (χ4n) is 0.696. The Hall–Kier alpha value is 0.380. The molecule has 0 fully saturated rings. The van der Waals surface area contributed by atoms with E-state index in [9.17, 15) is 13.2 Å². The molecule has 0 heterocycles. The lowest BCUT2D eigenvalue weighted by Gasteiger charge is -2.31. The van der Waals surface area contributed by atoms with Crippen LogP contribution in [0.15, 0.2) is 0 Å². The molecule has 0 bridgehead atoms. The first-order valence-electron chi connectivity index (χ1n) is 4.64. The molecule has 0 aromatic rings. The third-order valence-electron chi connectivity index (χ3n) is 2.48. The number of halogens is 2. The zero-order chi connectivity index (χ0) is 13.2. The second-order valence-corrected chi connectivity index (χ2v) is 8.25. The van der Waals surface area contributed by atoms with E-state index in [2.05, 4.69) is 37.2 Å². The van der Waals surface area contributed by atoms with Crippen molar-refractivity contribution in [1.82, 2.24) is 5.32 Å². The summed E-state index contributed by atoms with van der Waals surface area (Å²) in [5, 5.41) is 3.80. The highest BCUT2D eigenvalue weighted by atomic mass is 79.9. The van der Waals surface area contributed by atoms with Crippen LogP contribution < -0.4 is 5.32 Å². The molecule has 7 heteroatoms. The van der Waals surface area contributed by atoms with E-state index in [0.717, 1.165) is 6.26 Å². The molecule has 0 rings (SSSR count). The van der Waals surface area contributed by atoms with Gasteiger partial charge in [-0.1, -0.05) is 31.9 Å². The molecule has 0 aromatic carbocycles. The summed E-state index contributed by atoms with van der Waals surface area (Å²) < 4.78 is 21.5. The van der Waals surface area contributed by atoms with Crippen LogP contribution in [0.2, 0.25) is 0 Å². The Kier molecular flexibility index (Phi) is 5.48. The Morgan fingerprint density at radius 1 is 1.19 bits per heavy atom. The molecular formula is C9H17Br2NO3S. The maximum Gasteiger partial charge on any atom is 0.241 e. The van der Waals surface area contributed by atoms with Crippen molar-refractivity contribution in [1.29, 1.82) is 0 Å². The predicted octanol–water partition coefficient (Wildman–Crippen LogP) is 1.47. The maximum atomic E-state index is 11.9. The van der Waals surface area contributed by atoms with Gasteiger partial charge in [0.1, 0.15) is 4.75 Å². The van der Waals surface area contributed by atoms with Crippen molar-refractivity contribution < 1.29 is 13.2 Å². The van der Waals surface area contributed by atoms with Gasteiger partial charge in [0, 0.05) is 16.9 Å². The topological polar surface area (TPSA) is 63.2 Å². The summed E-state index contributed by atoms with van der Waals surface area (Å²) >= 11 is 6.57. The van der Waals surface area contributed by atoms with Crippen molar-refractivity contribution in [2.75, 3.05) is 16.9 Å². The average molecular weight is 379 g/mol. The van der Waals surface area contributed by atoms with Gasteiger partial charge in [-0.05, 0) is 20.8 Å². The normalized spacial score (nSPS) is 13.6. The second kappa shape index (κ2) is 5.35. The van der Waals surface area contributed by atoms with Gasteiger partial charge in [-0.15, -0.1) is 0 Å². The van der Waals surface area contributed by atoms with Gasteiger partial charge in [-0.2, -0.15) is 0 Å². The third kappa shape index (κ3) is 3.70. The van der Waals surface area contributed by atoms with Crippen LogP contribution in [-0.2, 0) is 14.6 Å². The molecule has 0 aliphatic heterocycles. The highest BCUT2D eigenvalue weighted by molar-refractivity contribution is 9.09. The fraction of sp³-hybridized carbons (Fsp3) is 0.889. The van der Waals surface area contributed by atoms with Gasteiger partial charge in [0.15, 0.2) is 9.84 Å². The third-order valence-corrected chi connectivity index (χ3v) is 6.99. The number of nitrogens with one attached hydrogen (secondary N) is 1. The van der Waals surface area contributed by atoms with E-state index < -0.39 is 26.0 Å². The van der Waals surface area contributed by atoms with E-state index in [-0.39, 0.29) is 0 Å². The number of sulfone groups is 1. The van der Waals surface area contributed by atoms with Crippen molar-refractivity contribution in [2.24, 2.45) is 0 Å². The first kappa shape index (κ1) is 16.4. The van der Waals surface area contributed by atoms with Crippen LogP contribution in [0.4, 0.5) is 0 Å². The summed E-state index contributed by atoms with van der Waals surface area (Å²) in [6.07, 6.45) is 1.06. The molecule has 0 aliphatic rings. The Morgan fingerprint density at radius 2 is 1.56 bits per heavy atom. The molecule has 0 unspecified atom stereocenters. The van der Waals surface area contributed by atoms with Gasteiger partial charge in [-0.3, -0.25) is 4.79 Å². The predicted molar refractivity (Wildman–Crippen MR) is 73.1 cm³/mol. The SMILES string of the molecule is CC(CBr)(CBr)NC(=O)C(C)(C)S(C)(=O)=O. The first-order chi connectivity index (χ1) is 7.00. The Labute approximate surface area is 114 Å². The smallest absolute Gasteiger partial charge is 0.241 e. The van der Waals surface area contributed by atoms with Gasteiger partial charge in [0.25, 0.3) is 0 Å². The molecule has 0 saturated heterocycles. The summed E-state index contributed by atoms with van der Waals surface area (Å²) in [6, 6.07) is 0. The Balaban J connectivity index is 4.98. The van der Waals surface area contributed by atoms with Gasteiger partial charge in [0.05, 0.1) is 5.54 Å². The van der Waals surface area contributed by atoms with Crippen LogP contribution in [0.1, 0.15) is 20.8 Å². The van der Waals surface area contributed by atoms with E-state index in [4.69, 9.17) is 0 Å². The molecule has 1 N–H and O–H groups in total. The molecule has 0 atom stereocenters. The minimum atomic E-state index is -3.43. The van der Waals surface area contributed by atoms with Crippen LogP contribution >= 0.6 is 31.9 Å². The van der Waals surface area contributed by atoms with Crippen molar-refractivity contribution in [3.05, 3.63) is 0 Å². The number of carbonyl (C=O) groups excluding carboxylic acids is 1. The molecule has 1 amide bonds. The van der Waals surface area contributed by atoms with Gasteiger partial charge in [0.2, 0.25) is 5.91 Å². The molecule has 0 saturated carbocycles. The second-order valence-electron chi connectivity index (χ2n) is 4.56. The first-order valence-corrected chi connectivity index (χ1v) is 8.78. The largest absolute Gasteiger partial charge is 0.348 e. The summed E-state index contributed by atoms with van der Waals surface area (Å²) in [6.45, 7) is 4.63. The van der Waals surface area contributed by atoms with E-state index in [1.165, 1.54) is 13.8 Å². The lowest BCUT2D eigenvalue weighted by atomic mass is 10.1. The lowest BCUT2D eigenvalue weighted by molar-refractivity contribution is -0.124. The minimum absolute atomic E-state index is 0.489. The fourth-order valence-corrected chi connectivity index (χ4v) is 2.29. The van der Waals surface area contributed by atoms with Crippen LogP contribution in [0.3, 0.4) is 0 Å². The molecule has 96 valence electrons. The van der Waals surface area contributed by atoms with Crippen LogP contribution in [0, 0.1) is 0 Å². The van der Waals surface area contributed by atoms with Gasteiger partial charge < -0.3 is 5.32 Å². The average Bonchev–Trinajstić information content (AvgIpc) is 2.15. The van der Waals surface area contributed by atoms with Crippen molar-refractivity contribution in [2.45, 2.75) is 31.1 Å². The number of alkyl halides is 2. The van der Waals surface area contributed by atoms with Gasteiger partial charge in [-0.25, -0.2) is 8.42 Å². The highest BCUT2D eigenvalue weighted by Gasteiger charge is 2.41. The van der Waals surface area contributed by atoms with E-state index in [0.29, 0.717) is 10.7 Å². The summed E-state index contributed by atoms with van der Waals surface area (Å²) in [5.41, 5.74) is -0.501. The Morgan fingerprint density at radius 3 is 1.81 bits per heavy atom. The van der Waals surface area contributed by atoms with Crippen molar-refractivity contribution >= 4 is 47.6 Å². The number of hydrogen-bond donors (Lipinski definition) is 1. The quantitative estimate of drug-likeness (QED) is 0.737. The number of hydrogen-bond acceptors (Lipinski definition) is 3. The summed E-state index contributed by atoms with van der Waals surface area (Å²) in [5.74, 6) is -0.489. The zero-order valence-corrected chi connectivity index (χ0v) is 13.8. The molecule has 4 nitrogen and oxygen atoms in total. The maximum absolute atomic E-state index is 11.9. The monoisotopic (exact) mass is 377 g/mol. The van der Waals surface area contributed by atoms with Crippen LogP contribution in [0.5, 0.6) is 0 Å². The number of carbonyl (C=O) groups is 1. The lowest BCUT2D eigenvalue weighted by Crippen LogP contribution is -2.57. The van der Waals surface area contributed by atoms with Crippen LogP contribution in [-0.4, -0.2) is 41.5 Å². The van der Waals surface area contributed by atoms with Crippen LogP contribution in [0.25, 0.3) is 0 Å². The standard InChI is InChI=1S/C9H17Br2NO3S/c1-8(2,16(4,14)15)7(13)12-9(3,5-10)6-11/h5-6H2,1-4H3,(H,12,13). The number of amides is 1. The van der Waals surface area contributed by atoms with Crippen molar-refractivity contribution in [3.8, 4) is 0 Å². The van der Waals surface area contributed by atoms with E-state index in [1.807, 2.05) is 6.92 Å². The molecule has 0 aliphatic carbocycles. The molecular weight excluding hydrogens is 362 g/mol. The van der Waals surface area contributed by atoms with E-state index >= 15 is 0 Å². The highest BCUT2D eigenvalue weighted by Crippen LogP contribution is 2.19. The molecule has 0 spiro atoms. The number of rotatable bonds is 5. The zero-order valence-electron chi connectivity index (χ0n) is 9.80. The molecule has 16 heavy (non-hydrogen) atoms.